The molecule has 0 saturated heterocycles. The van der Waals surface area contributed by atoms with Crippen LogP contribution < -0.4 is 10.2 Å². The van der Waals surface area contributed by atoms with Crippen molar-refractivity contribution in [3.8, 4) is 11.5 Å². The van der Waals surface area contributed by atoms with Crippen LogP contribution in [0, 0.1) is 0 Å². The molecule has 1 unspecified atom stereocenters. The Kier molecular flexibility index (Phi) is 11.7. The normalized spacial score (nSPS) is 16.3. The average molecular weight is 741 g/mol. The van der Waals surface area contributed by atoms with E-state index in [4.69, 9.17) is 0 Å². The molecule has 1 aliphatic heterocycles. The van der Waals surface area contributed by atoms with Gasteiger partial charge in [-0.3, -0.25) is 19.3 Å². The van der Waals surface area contributed by atoms with Gasteiger partial charge in [-0.2, -0.15) is 4.31 Å². The molecular weight excluding hydrogens is 697 g/mol. The largest absolute Gasteiger partial charge is 0.504 e. The van der Waals surface area contributed by atoms with Crippen LogP contribution in [0.2, 0.25) is 0 Å². The van der Waals surface area contributed by atoms with Gasteiger partial charge >= 0.3 is 0 Å². The number of carbonyl (C=O) groups excluding carboxylic acids is 3. The van der Waals surface area contributed by atoms with E-state index in [1.165, 1.54) is 58.9 Å². The predicted octanol–water partition coefficient (Wildman–Crippen LogP) is 4.67. The van der Waals surface area contributed by atoms with Crippen LogP contribution in [0.3, 0.4) is 0 Å². The summed E-state index contributed by atoms with van der Waals surface area (Å²) in [6, 6.07) is 12.8. The number of nitrogens with one attached hydrogen (secondary N) is 1. The maximum Gasteiger partial charge on any atom is 0.269 e. The fourth-order valence-electron chi connectivity index (χ4n) is 6.45. The van der Waals surface area contributed by atoms with Gasteiger partial charge in [-0.1, -0.05) is 57.7 Å². The number of amides is 3. The number of rotatable bonds is 15. The van der Waals surface area contributed by atoms with Gasteiger partial charge in [-0.15, -0.1) is 0 Å². The zero-order chi connectivity index (χ0) is 36.9. The molecule has 1 atom stereocenters. The maximum atomic E-state index is 14.5. The van der Waals surface area contributed by atoms with Gasteiger partial charge < -0.3 is 15.5 Å². The van der Waals surface area contributed by atoms with Crippen molar-refractivity contribution in [2.75, 3.05) is 24.5 Å². The Bertz CT molecular complexity index is 1970. The minimum absolute atomic E-state index is 0.0344. The second-order valence-electron chi connectivity index (χ2n) is 12.8. The number of unbranched alkanes of at least 4 members (excludes halogenated alkanes) is 2. The van der Waals surface area contributed by atoms with E-state index in [0.29, 0.717) is 43.1 Å². The molecule has 3 aromatic carbocycles. The number of sulfonamides is 2. The molecule has 1 aliphatic carbocycles. The highest BCUT2D eigenvalue weighted by molar-refractivity contribution is 7.90. The van der Waals surface area contributed by atoms with Crippen molar-refractivity contribution in [1.82, 2.24) is 13.9 Å². The summed E-state index contributed by atoms with van der Waals surface area (Å²) in [5, 5.41) is 23.5. The highest BCUT2D eigenvalue weighted by Crippen LogP contribution is 2.36. The highest BCUT2D eigenvalue weighted by atomic mass is 32.2. The third-order valence-electron chi connectivity index (χ3n) is 9.26. The zero-order valence-corrected chi connectivity index (χ0v) is 30.3. The highest BCUT2D eigenvalue weighted by Gasteiger charge is 2.44. The number of hydrogen-bond acceptors (Lipinski definition) is 9. The SMILES string of the molecule is CCCCN(CCCC)S(=O)(=O)c1ccc(N(C(=O)CN2C(=O)c3ccccc3S2(=O)=O)C(C(=O)NC2CCCC2)c2ccc(O)c(O)c2)cc1. The van der Waals surface area contributed by atoms with Gasteiger partial charge in [-0.25, -0.2) is 21.1 Å². The number of carbonyl (C=O) groups is 3. The number of benzene rings is 3. The molecule has 2 aliphatic rings. The topological polar surface area (TPSA) is 182 Å². The molecule has 15 heteroatoms. The molecule has 3 amide bonds. The first-order valence-corrected chi connectivity index (χ1v) is 20.1. The lowest BCUT2D eigenvalue weighted by molar-refractivity contribution is -0.127. The summed E-state index contributed by atoms with van der Waals surface area (Å²) in [5.41, 5.74) is 0.0180. The Labute approximate surface area is 299 Å². The van der Waals surface area contributed by atoms with E-state index in [0.717, 1.165) is 42.7 Å². The molecule has 5 rings (SSSR count). The average Bonchev–Trinajstić information content (AvgIpc) is 3.69. The van der Waals surface area contributed by atoms with Crippen molar-refractivity contribution in [2.45, 2.75) is 87.1 Å². The number of aromatic hydroxyl groups is 2. The maximum absolute atomic E-state index is 14.5. The number of phenolic OH excluding ortho intramolecular Hbond substituents is 2. The zero-order valence-electron chi connectivity index (χ0n) is 28.7. The van der Waals surface area contributed by atoms with Gasteiger partial charge in [0.2, 0.25) is 21.8 Å². The lowest BCUT2D eigenvalue weighted by Crippen LogP contribution is -2.50. The van der Waals surface area contributed by atoms with Crippen LogP contribution in [0.15, 0.2) is 76.5 Å². The van der Waals surface area contributed by atoms with Gasteiger partial charge in [-0.05, 0) is 79.8 Å². The minimum Gasteiger partial charge on any atom is -0.504 e. The van der Waals surface area contributed by atoms with Crippen molar-refractivity contribution in [2.24, 2.45) is 0 Å². The summed E-state index contributed by atoms with van der Waals surface area (Å²) >= 11 is 0. The molecule has 0 radical (unpaired) electrons. The van der Waals surface area contributed by atoms with Crippen molar-refractivity contribution in [3.63, 3.8) is 0 Å². The Morgan fingerprint density at radius 1 is 0.922 bits per heavy atom. The standard InChI is InChI=1S/C36H44N4O9S2/c1-3-5-21-38(22-6-4-2)50(46,47)28-18-16-27(17-19-28)40(33(43)24-39-36(45)29-13-9-10-14-32(29)51(39,48)49)34(25-15-20-30(41)31(42)23-25)35(44)37-26-11-7-8-12-26/h9-10,13-20,23,26,34,41-42H,3-8,11-12,21-22,24H2,1-2H3,(H,37,44). The van der Waals surface area contributed by atoms with Crippen LogP contribution >= 0.6 is 0 Å². The summed E-state index contributed by atoms with van der Waals surface area (Å²) < 4.78 is 56.3. The van der Waals surface area contributed by atoms with Crippen LogP contribution in [0.5, 0.6) is 11.5 Å². The number of nitrogens with zero attached hydrogens (tertiary/aromatic N) is 3. The lowest BCUT2D eigenvalue weighted by Gasteiger charge is -2.33. The summed E-state index contributed by atoms with van der Waals surface area (Å²) in [4.78, 5) is 42.7. The van der Waals surface area contributed by atoms with Gasteiger partial charge in [0.15, 0.2) is 11.5 Å². The van der Waals surface area contributed by atoms with E-state index in [1.54, 1.807) is 0 Å². The van der Waals surface area contributed by atoms with Gasteiger partial charge in [0.05, 0.1) is 10.5 Å². The molecule has 1 heterocycles. The van der Waals surface area contributed by atoms with Crippen LogP contribution in [-0.4, -0.2) is 79.1 Å². The summed E-state index contributed by atoms with van der Waals surface area (Å²) in [6.45, 7) is 3.63. The van der Waals surface area contributed by atoms with E-state index >= 15 is 0 Å². The Morgan fingerprint density at radius 2 is 1.55 bits per heavy atom. The number of fused-ring (bicyclic) bond motifs is 1. The molecular formula is C36H44N4O9S2. The predicted molar refractivity (Wildman–Crippen MR) is 190 cm³/mol. The molecule has 0 spiro atoms. The van der Waals surface area contributed by atoms with E-state index < -0.39 is 61.9 Å². The molecule has 3 aromatic rings. The summed E-state index contributed by atoms with van der Waals surface area (Å²) in [6.07, 6.45) is 6.10. The first-order chi connectivity index (χ1) is 24.3. The number of phenols is 2. The van der Waals surface area contributed by atoms with E-state index in [1.807, 2.05) is 13.8 Å². The van der Waals surface area contributed by atoms with Gasteiger partial charge in [0.1, 0.15) is 17.5 Å². The van der Waals surface area contributed by atoms with Crippen molar-refractivity contribution < 1.29 is 41.4 Å². The number of anilines is 1. The van der Waals surface area contributed by atoms with Crippen molar-refractivity contribution in [3.05, 3.63) is 77.9 Å². The van der Waals surface area contributed by atoms with Gasteiger partial charge in [0, 0.05) is 24.8 Å². The minimum atomic E-state index is -4.42. The third kappa shape index (κ3) is 7.90. The Morgan fingerprint density at radius 3 is 2.14 bits per heavy atom. The molecule has 1 fully saturated rings. The first-order valence-electron chi connectivity index (χ1n) is 17.2. The molecule has 13 nitrogen and oxygen atoms in total. The van der Waals surface area contributed by atoms with Crippen molar-refractivity contribution >= 4 is 43.5 Å². The second-order valence-corrected chi connectivity index (χ2v) is 16.6. The number of hydrogen-bond donors (Lipinski definition) is 3. The smallest absolute Gasteiger partial charge is 0.269 e. The lowest BCUT2D eigenvalue weighted by atomic mass is 10.0. The Hall–Kier alpha value is -4.47. The van der Waals surface area contributed by atoms with Crippen LogP contribution in [0.4, 0.5) is 5.69 Å². The molecule has 3 N–H and O–H groups in total. The fraction of sp³-hybridized carbons (Fsp3) is 0.417. The van der Waals surface area contributed by atoms with Crippen LogP contribution in [0.25, 0.3) is 0 Å². The monoisotopic (exact) mass is 740 g/mol. The van der Waals surface area contributed by atoms with Gasteiger partial charge in [0.25, 0.3) is 15.9 Å². The second kappa shape index (κ2) is 15.8. The quantitative estimate of drug-likeness (QED) is 0.187. The Balaban J connectivity index is 1.60. The van der Waals surface area contributed by atoms with Crippen LogP contribution in [-0.2, 0) is 29.6 Å². The summed E-state index contributed by atoms with van der Waals surface area (Å²) in [5.74, 6) is -3.56. The molecule has 1 saturated carbocycles. The summed E-state index contributed by atoms with van der Waals surface area (Å²) in [7, 11) is -8.36. The van der Waals surface area contributed by atoms with Crippen molar-refractivity contribution in [1.29, 1.82) is 0 Å². The first kappa shape index (κ1) is 37.8. The third-order valence-corrected chi connectivity index (χ3v) is 13.0. The fourth-order valence-corrected chi connectivity index (χ4v) is 9.49. The molecule has 274 valence electrons. The van der Waals surface area contributed by atoms with E-state index in [-0.39, 0.29) is 32.6 Å². The molecule has 51 heavy (non-hydrogen) atoms. The molecule has 0 aromatic heterocycles. The van der Waals surface area contributed by atoms with Crippen LogP contribution in [0.1, 0.15) is 87.2 Å². The van der Waals surface area contributed by atoms with E-state index in [2.05, 4.69) is 5.32 Å². The van der Waals surface area contributed by atoms with E-state index in [9.17, 15) is 41.4 Å². The molecule has 0 bridgehead atoms.